The number of nitrogens with zero attached hydrogens (tertiary/aromatic N) is 3. The molecule has 1 aromatic carbocycles. The largest absolute Gasteiger partial charge is 0.378 e. The van der Waals surface area contributed by atoms with Crippen LogP contribution in [-0.4, -0.2) is 96.5 Å². The minimum Gasteiger partial charge on any atom is -0.378 e. The number of amides is 4. The zero-order chi connectivity index (χ0) is 21.5. The third kappa shape index (κ3) is 6.26. The van der Waals surface area contributed by atoms with E-state index in [4.69, 9.17) is 16.3 Å². The molecule has 3 rings (SSSR count). The Morgan fingerprint density at radius 1 is 0.967 bits per heavy atom. The number of hydrogen-bond acceptors (Lipinski definition) is 5. The van der Waals surface area contributed by atoms with E-state index in [9.17, 15) is 14.4 Å². The zero-order valence-electron chi connectivity index (χ0n) is 17.1. The van der Waals surface area contributed by atoms with Crippen molar-refractivity contribution < 1.29 is 19.1 Å². The molecule has 2 saturated heterocycles. The maximum Gasteiger partial charge on any atom is 0.321 e. The van der Waals surface area contributed by atoms with Gasteiger partial charge in [-0.15, -0.1) is 11.8 Å². The lowest BCUT2D eigenvalue weighted by Crippen LogP contribution is -2.52. The highest BCUT2D eigenvalue weighted by molar-refractivity contribution is 8.00. The Kier molecular flexibility index (Phi) is 8.24. The normalized spacial score (nSPS) is 17.1. The van der Waals surface area contributed by atoms with Crippen LogP contribution in [0.25, 0.3) is 0 Å². The quantitative estimate of drug-likeness (QED) is 0.735. The zero-order valence-corrected chi connectivity index (χ0v) is 18.6. The molecule has 0 radical (unpaired) electrons. The number of urea groups is 1. The molecular formula is C20H27ClN4O4S. The predicted molar refractivity (Wildman–Crippen MR) is 118 cm³/mol. The summed E-state index contributed by atoms with van der Waals surface area (Å²) in [6.07, 6.45) is 0. The van der Waals surface area contributed by atoms with Crippen LogP contribution in [-0.2, 0) is 14.3 Å². The summed E-state index contributed by atoms with van der Waals surface area (Å²) in [6.45, 7) is 6.19. The molecule has 2 aliphatic rings. The first kappa shape index (κ1) is 22.7. The lowest BCUT2D eigenvalue weighted by atomic mass is 10.2. The van der Waals surface area contributed by atoms with Crippen LogP contribution >= 0.6 is 23.4 Å². The third-order valence-corrected chi connectivity index (χ3v) is 6.47. The van der Waals surface area contributed by atoms with Crippen molar-refractivity contribution in [1.29, 1.82) is 0 Å². The number of anilines is 1. The first-order valence-electron chi connectivity index (χ1n) is 9.97. The van der Waals surface area contributed by atoms with Gasteiger partial charge in [0.25, 0.3) is 0 Å². The summed E-state index contributed by atoms with van der Waals surface area (Å²) < 4.78 is 5.24. The van der Waals surface area contributed by atoms with Gasteiger partial charge in [-0.1, -0.05) is 17.7 Å². The molecule has 1 N–H and O–H groups in total. The molecule has 0 aromatic heterocycles. The molecule has 2 heterocycles. The molecule has 2 aliphatic heterocycles. The van der Waals surface area contributed by atoms with Gasteiger partial charge in [0.05, 0.1) is 24.7 Å². The van der Waals surface area contributed by atoms with E-state index in [1.54, 1.807) is 20.8 Å². The smallest absolute Gasteiger partial charge is 0.321 e. The monoisotopic (exact) mass is 454 g/mol. The van der Waals surface area contributed by atoms with Crippen molar-refractivity contribution in [2.45, 2.75) is 6.92 Å². The minimum atomic E-state index is -0.201. The van der Waals surface area contributed by atoms with Crippen LogP contribution in [0.3, 0.4) is 0 Å². The van der Waals surface area contributed by atoms with Gasteiger partial charge in [-0.05, 0) is 24.6 Å². The summed E-state index contributed by atoms with van der Waals surface area (Å²) in [5, 5.41) is 3.45. The molecule has 8 nitrogen and oxygen atoms in total. The Balaban J connectivity index is 1.36. The number of thioether (sulfide) groups is 1. The number of rotatable bonds is 5. The van der Waals surface area contributed by atoms with Crippen LogP contribution in [0.2, 0.25) is 5.02 Å². The first-order chi connectivity index (χ1) is 14.4. The average Bonchev–Trinajstić information content (AvgIpc) is 2.77. The third-order valence-electron chi connectivity index (χ3n) is 5.16. The second kappa shape index (κ2) is 10.9. The maximum atomic E-state index is 12.5. The van der Waals surface area contributed by atoms with E-state index in [1.165, 1.54) is 11.8 Å². The number of carbonyl (C=O) groups excluding carboxylic acids is 3. The topological polar surface area (TPSA) is 82.2 Å². The highest BCUT2D eigenvalue weighted by Crippen LogP contribution is 2.20. The number of ether oxygens (including phenoxy) is 1. The summed E-state index contributed by atoms with van der Waals surface area (Å²) in [5.41, 5.74) is 1.60. The van der Waals surface area contributed by atoms with E-state index in [1.807, 2.05) is 19.1 Å². The number of benzene rings is 1. The molecule has 30 heavy (non-hydrogen) atoms. The number of hydrogen-bond donors (Lipinski definition) is 1. The standard InChI is InChI=1S/C20H27ClN4O4S/c1-15-2-3-16(12-17(15)21)22-20(28)25-6-4-23(5-7-25)18(26)13-30-14-19(27)24-8-10-29-11-9-24/h2-3,12H,4-11,13-14H2,1H3,(H,22,28). The predicted octanol–water partition coefficient (Wildman–Crippen LogP) is 1.92. The van der Waals surface area contributed by atoms with Crippen LogP contribution in [0.5, 0.6) is 0 Å². The fraction of sp³-hybridized carbons (Fsp3) is 0.550. The fourth-order valence-corrected chi connectivity index (χ4v) is 4.25. The number of morpholine rings is 1. The van der Waals surface area contributed by atoms with Crippen molar-refractivity contribution in [3.05, 3.63) is 28.8 Å². The van der Waals surface area contributed by atoms with Gasteiger partial charge in [0, 0.05) is 50.0 Å². The van der Waals surface area contributed by atoms with Crippen molar-refractivity contribution in [1.82, 2.24) is 14.7 Å². The highest BCUT2D eigenvalue weighted by atomic mass is 35.5. The molecule has 0 unspecified atom stereocenters. The SMILES string of the molecule is Cc1ccc(NC(=O)N2CCN(C(=O)CSCC(=O)N3CCOCC3)CC2)cc1Cl. The minimum absolute atomic E-state index is 0.000141. The fourth-order valence-electron chi connectivity index (χ4n) is 3.25. The lowest BCUT2D eigenvalue weighted by molar-refractivity contribution is -0.132. The molecule has 10 heteroatoms. The Hall–Kier alpha value is -1.97. The van der Waals surface area contributed by atoms with Crippen LogP contribution < -0.4 is 5.32 Å². The maximum absolute atomic E-state index is 12.5. The van der Waals surface area contributed by atoms with Gasteiger partial charge in [-0.3, -0.25) is 9.59 Å². The molecule has 0 bridgehead atoms. The molecule has 0 atom stereocenters. The molecule has 0 spiro atoms. The van der Waals surface area contributed by atoms with Gasteiger partial charge in [0.1, 0.15) is 0 Å². The number of halogens is 1. The summed E-state index contributed by atoms with van der Waals surface area (Å²) in [4.78, 5) is 42.2. The Labute approximate surface area is 185 Å². The van der Waals surface area contributed by atoms with Crippen molar-refractivity contribution in [2.24, 2.45) is 0 Å². The molecular weight excluding hydrogens is 428 g/mol. The number of carbonyl (C=O) groups is 3. The summed E-state index contributed by atoms with van der Waals surface area (Å²) in [5.74, 6) is 0.617. The van der Waals surface area contributed by atoms with Gasteiger partial charge >= 0.3 is 6.03 Å². The van der Waals surface area contributed by atoms with Crippen molar-refractivity contribution in [2.75, 3.05) is 69.3 Å². The summed E-state index contributed by atoms with van der Waals surface area (Å²) in [6, 6.07) is 5.20. The molecule has 4 amide bonds. The number of aryl methyl sites for hydroxylation is 1. The average molecular weight is 455 g/mol. The molecule has 0 saturated carbocycles. The molecule has 0 aliphatic carbocycles. The summed E-state index contributed by atoms with van der Waals surface area (Å²) in [7, 11) is 0. The Morgan fingerprint density at radius 2 is 1.53 bits per heavy atom. The highest BCUT2D eigenvalue weighted by Gasteiger charge is 2.25. The van der Waals surface area contributed by atoms with Crippen LogP contribution in [0.15, 0.2) is 18.2 Å². The summed E-state index contributed by atoms with van der Waals surface area (Å²) >= 11 is 7.44. The Morgan fingerprint density at radius 3 is 2.13 bits per heavy atom. The second-order valence-electron chi connectivity index (χ2n) is 7.25. The molecule has 164 valence electrons. The first-order valence-corrected chi connectivity index (χ1v) is 11.5. The van der Waals surface area contributed by atoms with E-state index in [0.717, 1.165) is 5.56 Å². The van der Waals surface area contributed by atoms with Gasteiger partial charge in [0.15, 0.2) is 0 Å². The van der Waals surface area contributed by atoms with Crippen molar-refractivity contribution in [3.8, 4) is 0 Å². The number of piperazine rings is 1. The van der Waals surface area contributed by atoms with Crippen LogP contribution in [0, 0.1) is 6.92 Å². The van der Waals surface area contributed by atoms with E-state index in [0.29, 0.717) is 68.9 Å². The van der Waals surface area contributed by atoms with E-state index in [2.05, 4.69) is 5.32 Å². The lowest BCUT2D eigenvalue weighted by Gasteiger charge is -2.34. The van der Waals surface area contributed by atoms with Crippen LogP contribution in [0.4, 0.5) is 10.5 Å². The molecule has 2 fully saturated rings. The molecule has 1 aromatic rings. The van der Waals surface area contributed by atoms with Crippen LogP contribution in [0.1, 0.15) is 5.56 Å². The van der Waals surface area contributed by atoms with Crippen molar-refractivity contribution >= 4 is 46.9 Å². The van der Waals surface area contributed by atoms with E-state index in [-0.39, 0.29) is 23.6 Å². The van der Waals surface area contributed by atoms with Gasteiger partial charge < -0.3 is 24.8 Å². The van der Waals surface area contributed by atoms with E-state index >= 15 is 0 Å². The van der Waals surface area contributed by atoms with Gasteiger partial charge in [-0.25, -0.2) is 4.79 Å². The second-order valence-corrected chi connectivity index (χ2v) is 8.64. The van der Waals surface area contributed by atoms with Gasteiger partial charge in [-0.2, -0.15) is 0 Å². The number of nitrogens with one attached hydrogen (secondary N) is 1. The Bertz CT molecular complexity index is 780. The van der Waals surface area contributed by atoms with Gasteiger partial charge in [0.2, 0.25) is 11.8 Å². The van der Waals surface area contributed by atoms with Crippen molar-refractivity contribution in [3.63, 3.8) is 0 Å². The van der Waals surface area contributed by atoms with E-state index < -0.39 is 0 Å².